The minimum absolute atomic E-state index is 0.0618. The third kappa shape index (κ3) is 3.48. The highest BCUT2D eigenvalue weighted by atomic mass is 32.1. The fourth-order valence-corrected chi connectivity index (χ4v) is 3.55. The van der Waals surface area contributed by atoms with Crippen LogP contribution in [0.2, 0.25) is 0 Å². The number of hydrogen-bond acceptors (Lipinski definition) is 3. The van der Waals surface area contributed by atoms with Gasteiger partial charge < -0.3 is 15.5 Å². The Morgan fingerprint density at radius 1 is 1.63 bits per heavy atom. The molecule has 2 atom stereocenters. The molecule has 2 amide bonds. The van der Waals surface area contributed by atoms with Gasteiger partial charge in [-0.05, 0) is 44.2 Å². The maximum Gasteiger partial charge on any atom is 0.317 e. The highest BCUT2D eigenvalue weighted by Gasteiger charge is 2.27. The number of carbonyl (C=O) groups excluding carboxylic acids is 1. The van der Waals surface area contributed by atoms with Gasteiger partial charge in [-0.3, -0.25) is 0 Å². The number of urea groups is 1. The summed E-state index contributed by atoms with van der Waals surface area (Å²) in [6.45, 7) is 8.65. The number of rotatable bonds is 4. The van der Waals surface area contributed by atoms with Crippen molar-refractivity contribution in [1.29, 1.82) is 0 Å². The number of aryl methyl sites for hydroxylation is 1. The maximum atomic E-state index is 11.7. The Morgan fingerprint density at radius 2 is 2.42 bits per heavy atom. The molecule has 0 unspecified atom stereocenters. The number of thiophene rings is 1. The van der Waals surface area contributed by atoms with Crippen LogP contribution in [0.3, 0.4) is 0 Å². The van der Waals surface area contributed by atoms with E-state index in [2.05, 4.69) is 35.9 Å². The van der Waals surface area contributed by atoms with Crippen molar-refractivity contribution in [3.63, 3.8) is 0 Å². The summed E-state index contributed by atoms with van der Waals surface area (Å²) < 4.78 is 0. The Hall–Kier alpha value is -1.07. The SMILES string of the molecule is CCNC(=O)N1CC[C@H](N[C@H](C)c2sccc2C)C1. The minimum atomic E-state index is 0.0618. The standard InChI is InChI=1S/C14H23N3OS/c1-4-15-14(18)17-7-5-12(9-17)16-11(3)13-10(2)6-8-19-13/h6,8,11-12,16H,4-5,7,9H2,1-3H3,(H,15,18)/t11-,12+/m1/s1. The maximum absolute atomic E-state index is 11.7. The van der Waals surface area contributed by atoms with E-state index in [0.29, 0.717) is 18.6 Å². The van der Waals surface area contributed by atoms with E-state index in [-0.39, 0.29) is 6.03 Å². The molecular formula is C14H23N3OS. The topological polar surface area (TPSA) is 44.4 Å². The molecule has 5 heteroatoms. The van der Waals surface area contributed by atoms with Crippen molar-refractivity contribution in [2.24, 2.45) is 0 Å². The van der Waals surface area contributed by atoms with Gasteiger partial charge in [0.05, 0.1) is 0 Å². The molecule has 1 aromatic heterocycles. The second kappa shape index (κ2) is 6.39. The lowest BCUT2D eigenvalue weighted by Crippen LogP contribution is -2.41. The Bertz CT molecular complexity index is 432. The van der Waals surface area contributed by atoms with E-state index < -0.39 is 0 Å². The molecule has 19 heavy (non-hydrogen) atoms. The molecule has 106 valence electrons. The number of amides is 2. The summed E-state index contributed by atoms with van der Waals surface area (Å²) in [5.74, 6) is 0. The van der Waals surface area contributed by atoms with Crippen LogP contribution in [0.1, 0.15) is 36.8 Å². The number of nitrogens with one attached hydrogen (secondary N) is 2. The third-order valence-electron chi connectivity index (χ3n) is 3.58. The number of likely N-dealkylation sites (tertiary alicyclic amines) is 1. The second-order valence-corrected chi connectivity index (χ2v) is 6.07. The van der Waals surface area contributed by atoms with Crippen LogP contribution in [0, 0.1) is 6.92 Å². The molecule has 1 aliphatic rings. The summed E-state index contributed by atoms with van der Waals surface area (Å²) in [7, 11) is 0. The fourth-order valence-electron chi connectivity index (χ4n) is 2.60. The summed E-state index contributed by atoms with van der Waals surface area (Å²) in [5.41, 5.74) is 1.35. The molecule has 0 radical (unpaired) electrons. The van der Waals surface area contributed by atoms with Gasteiger partial charge in [0.25, 0.3) is 0 Å². The van der Waals surface area contributed by atoms with Crippen molar-refractivity contribution in [3.05, 3.63) is 21.9 Å². The first-order valence-electron chi connectivity index (χ1n) is 6.94. The predicted octanol–water partition coefficient (Wildman–Crippen LogP) is 2.51. The van der Waals surface area contributed by atoms with E-state index in [1.54, 1.807) is 11.3 Å². The van der Waals surface area contributed by atoms with Crippen LogP contribution < -0.4 is 10.6 Å². The van der Waals surface area contributed by atoms with Crippen LogP contribution in [0.25, 0.3) is 0 Å². The highest BCUT2D eigenvalue weighted by Crippen LogP contribution is 2.24. The lowest BCUT2D eigenvalue weighted by Gasteiger charge is -2.20. The fraction of sp³-hybridized carbons (Fsp3) is 0.643. The van der Waals surface area contributed by atoms with Crippen LogP contribution in [0.15, 0.2) is 11.4 Å². The molecule has 2 N–H and O–H groups in total. The lowest BCUT2D eigenvalue weighted by molar-refractivity contribution is 0.208. The highest BCUT2D eigenvalue weighted by molar-refractivity contribution is 7.10. The zero-order valence-electron chi connectivity index (χ0n) is 11.9. The molecule has 1 aliphatic heterocycles. The zero-order chi connectivity index (χ0) is 13.8. The number of hydrogen-bond donors (Lipinski definition) is 2. The van der Waals surface area contributed by atoms with Gasteiger partial charge in [0, 0.05) is 36.6 Å². The predicted molar refractivity (Wildman–Crippen MR) is 79.7 cm³/mol. The quantitative estimate of drug-likeness (QED) is 0.890. The molecular weight excluding hydrogens is 258 g/mol. The van der Waals surface area contributed by atoms with Gasteiger partial charge in [-0.2, -0.15) is 0 Å². The second-order valence-electron chi connectivity index (χ2n) is 5.12. The summed E-state index contributed by atoms with van der Waals surface area (Å²) in [6.07, 6.45) is 1.03. The Balaban J connectivity index is 1.85. The van der Waals surface area contributed by atoms with Gasteiger partial charge in [0.15, 0.2) is 0 Å². The molecule has 0 bridgehead atoms. The van der Waals surface area contributed by atoms with E-state index in [0.717, 1.165) is 19.5 Å². The van der Waals surface area contributed by atoms with E-state index in [9.17, 15) is 4.79 Å². The normalized spacial score (nSPS) is 20.6. The smallest absolute Gasteiger partial charge is 0.317 e. The van der Waals surface area contributed by atoms with Crippen LogP contribution >= 0.6 is 11.3 Å². The monoisotopic (exact) mass is 281 g/mol. The molecule has 0 aromatic carbocycles. The van der Waals surface area contributed by atoms with Crippen LogP contribution in [-0.4, -0.2) is 36.6 Å². The summed E-state index contributed by atoms with van der Waals surface area (Å²) in [6, 6.07) is 2.98. The molecule has 0 spiro atoms. The molecule has 4 nitrogen and oxygen atoms in total. The zero-order valence-corrected chi connectivity index (χ0v) is 12.7. The van der Waals surface area contributed by atoms with E-state index in [1.807, 2.05) is 11.8 Å². The molecule has 0 saturated carbocycles. The largest absolute Gasteiger partial charge is 0.338 e. The molecule has 1 saturated heterocycles. The van der Waals surface area contributed by atoms with Crippen molar-refractivity contribution < 1.29 is 4.79 Å². The summed E-state index contributed by atoms with van der Waals surface area (Å²) >= 11 is 1.80. The van der Waals surface area contributed by atoms with Crippen molar-refractivity contribution in [2.45, 2.75) is 39.3 Å². The third-order valence-corrected chi connectivity index (χ3v) is 4.79. The number of nitrogens with zero attached hydrogens (tertiary/aromatic N) is 1. The van der Waals surface area contributed by atoms with Crippen molar-refractivity contribution >= 4 is 17.4 Å². The molecule has 1 aromatic rings. The minimum Gasteiger partial charge on any atom is -0.338 e. The van der Waals surface area contributed by atoms with Crippen LogP contribution in [-0.2, 0) is 0 Å². The molecule has 1 fully saturated rings. The average Bonchev–Trinajstić information content (AvgIpc) is 2.98. The van der Waals surface area contributed by atoms with E-state index >= 15 is 0 Å². The van der Waals surface area contributed by atoms with Crippen molar-refractivity contribution in [1.82, 2.24) is 15.5 Å². The first kappa shape index (κ1) is 14.3. The average molecular weight is 281 g/mol. The van der Waals surface area contributed by atoms with Crippen molar-refractivity contribution in [2.75, 3.05) is 19.6 Å². The van der Waals surface area contributed by atoms with Gasteiger partial charge >= 0.3 is 6.03 Å². The molecule has 2 rings (SSSR count). The van der Waals surface area contributed by atoms with Gasteiger partial charge in [-0.15, -0.1) is 11.3 Å². The van der Waals surface area contributed by atoms with Crippen molar-refractivity contribution in [3.8, 4) is 0 Å². The summed E-state index contributed by atoms with van der Waals surface area (Å²) in [5, 5.41) is 8.63. The number of carbonyl (C=O) groups is 1. The van der Waals surface area contributed by atoms with E-state index in [1.165, 1.54) is 10.4 Å². The van der Waals surface area contributed by atoms with Gasteiger partial charge in [0.2, 0.25) is 0 Å². The van der Waals surface area contributed by atoms with Gasteiger partial charge in [-0.25, -0.2) is 4.79 Å². The molecule has 2 heterocycles. The summed E-state index contributed by atoms with van der Waals surface area (Å²) in [4.78, 5) is 15.0. The van der Waals surface area contributed by atoms with Gasteiger partial charge in [-0.1, -0.05) is 0 Å². The first-order valence-corrected chi connectivity index (χ1v) is 7.82. The lowest BCUT2D eigenvalue weighted by atomic mass is 10.1. The Kier molecular flexibility index (Phi) is 4.82. The van der Waals surface area contributed by atoms with Crippen LogP contribution in [0.5, 0.6) is 0 Å². The van der Waals surface area contributed by atoms with E-state index in [4.69, 9.17) is 0 Å². The Labute approximate surface area is 119 Å². The molecule has 0 aliphatic carbocycles. The van der Waals surface area contributed by atoms with Gasteiger partial charge in [0.1, 0.15) is 0 Å². The Morgan fingerprint density at radius 3 is 3.05 bits per heavy atom. The first-order chi connectivity index (χ1) is 9.11. The van der Waals surface area contributed by atoms with Crippen LogP contribution in [0.4, 0.5) is 4.79 Å².